The van der Waals surface area contributed by atoms with Gasteiger partial charge in [0, 0.05) is 13.1 Å². The van der Waals surface area contributed by atoms with Crippen molar-refractivity contribution in [3.63, 3.8) is 0 Å². The Bertz CT molecular complexity index is 1050. The minimum atomic E-state index is -0.425. The molecule has 8 heteroatoms. The molecule has 2 aromatic rings. The lowest BCUT2D eigenvalue weighted by Crippen LogP contribution is -2.44. The van der Waals surface area contributed by atoms with Gasteiger partial charge >= 0.3 is 0 Å². The number of halogens is 1. The van der Waals surface area contributed by atoms with Crippen LogP contribution in [0.5, 0.6) is 5.75 Å². The van der Waals surface area contributed by atoms with Crippen LogP contribution in [0.2, 0.25) is 0 Å². The minimum absolute atomic E-state index is 0.170. The number of benzene rings is 2. The zero-order valence-electron chi connectivity index (χ0n) is 17.5. The van der Waals surface area contributed by atoms with Crippen LogP contribution in [0.25, 0.3) is 6.08 Å². The van der Waals surface area contributed by atoms with Crippen LogP contribution in [0.4, 0.5) is 4.79 Å². The minimum Gasteiger partial charge on any atom is -0.488 e. The topological polar surface area (TPSA) is 66.9 Å². The molecular weight excluding hydrogens is 492 g/mol. The van der Waals surface area contributed by atoms with Crippen molar-refractivity contribution >= 4 is 50.8 Å². The summed E-state index contributed by atoms with van der Waals surface area (Å²) in [6.07, 6.45) is 4.71. The van der Waals surface area contributed by atoms with Crippen LogP contribution in [0, 0.1) is 0 Å². The van der Waals surface area contributed by atoms with E-state index in [1.165, 1.54) is 0 Å². The number of rotatable bonds is 6. The smallest absolute Gasteiger partial charge is 0.294 e. The molecule has 2 aliphatic rings. The highest BCUT2D eigenvalue weighted by molar-refractivity contribution is 9.10. The summed E-state index contributed by atoms with van der Waals surface area (Å²) in [7, 11) is 0. The Balaban J connectivity index is 1.40. The van der Waals surface area contributed by atoms with Crippen molar-refractivity contribution < 1.29 is 19.1 Å². The fraction of sp³-hybridized carbons (Fsp3) is 0.292. The highest BCUT2D eigenvalue weighted by Crippen LogP contribution is 2.34. The molecule has 0 bridgehead atoms. The molecule has 0 saturated carbocycles. The van der Waals surface area contributed by atoms with E-state index in [-0.39, 0.29) is 12.5 Å². The van der Waals surface area contributed by atoms with E-state index in [1.807, 2.05) is 48.5 Å². The van der Waals surface area contributed by atoms with Crippen molar-refractivity contribution in [2.75, 3.05) is 19.6 Å². The lowest BCUT2D eigenvalue weighted by Gasteiger charge is -2.27. The van der Waals surface area contributed by atoms with Crippen molar-refractivity contribution in [1.82, 2.24) is 9.80 Å². The van der Waals surface area contributed by atoms with Gasteiger partial charge in [0.2, 0.25) is 5.91 Å². The standard InChI is InChI=1S/C24H23BrN2O4S/c25-19-13-18(9-10-20(19)31-16-17-7-3-1-4-8-17)14-21-23(29)27(24(30)32-21)15-22(28)26-11-5-2-6-12-26/h1,3-4,7-10,13-14H,2,5-6,11-12,15-16H2/b21-14+. The first-order chi connectivity index (χ1) is 15.5. The molecule has 4 rings (SSSR count). The van der Waals surface area contributed by atoms with Gasteiger partial charge in [0.25, 0.3) is 11.1 Å². The second-order valence-electron chi connectivity index (χ2n) is 7.67. The fourth-order valence-corrected chi connectivity index (χ4v) is 4.97. The van der Waals surface area contributed by atoms with E-state index in [0.29, 0.717) is 30.4 Å². The molecule has 2 saturated heterocycles. The van der Waals surface area contributed by atoms with Crippen LogP contribution < -0.4 is 4.74 Å². The third-order valence-corrected chi connectivity index (χ3v) is 6.89. The molecule has 0 aliphatic carbocycles. The Morgan fingerprint density at radius 1 is 1.06 bits per heavy atom. The number of piperidine rings is 1. The predicted octanol–water partition coefficient (Wildman–Crippen LogP) is 5.08. The highest BCUT2D eigenvalue weighted by atomic mass is 79.9. The molecule has 2 heterocycles. The molecule has 0 atom stereocenters. The quantitative estimate of drug-likeness (QED) is 0.503. The molecule has 0 N–H and O–H groups in total. The van der Waals surface area contributed by atoms with E-state index in [9.17, 15) is 14.4 Å². The lowest BCUT2D eigenvalue weighted by molar-refractivity contribution is -0.136. The molecule has 3 amide bonds. The van der Waals surface area contributed by atoms with Crippen LogP contribution in [-0.2, 0) is 16.2 Å². The Kier molecular flexibility index (Phi) is 7.32. The Labute approximate surface area is 199 Å². The van der Waals surface area contributed by atoms with Crippen molar-refractivity contribution in [1.29, 1.82) is 0 Å². The monoisotopic (exact) mass is 514 g/mol. The second-order valence-corrected chi connectivity index (χ2v) is 9.52. The number of imide groups is 1. The summed E-state index contributed by atoms with van der Waals surface area (Å²) in [6.45, 7) is 1.63. The zero-order chi connectivity index (χ0) is 22.5. The van der Waals surface area contributed by atoms with E-state index in [4.69, 9.17) is 4.74 Å². The van der Waals surface area contributed by atoms with Crippen LogP contribution in [0.15, 0.2) is 57.9 Å². The lowest BCUT2D eigenvalue weighted by atomic mass is 10.1. The van der Waals surface area contributed by atoms with Gasteiger partial charge in [-0.05, 0) is 76.3 Å². The molecule has 2 aliphatic heterocycles. The maximum Gasteiger partial charge on any atom is 0.294 e. The van der Waals surface area contributed by atoms with Gasteiger partial charge in [0.1, 0.15) is 18.9 Å². The van der Waals surface area contributed by atoms with Gasteiger partial charge in [-0.1, -0.05) is 36.4 Å². The van der Waals surface area contributed by atoms with E-state index in [2.05, 4.69) is 15.9 Å². The summed E-state index contributed by atoms with van der Waals surface area (Å²) in [6, 6.07) is 15.4. The van der Waals surface area contributed by atoms with Crippen LogP contribution in [0.1, 0.15) is 30.4 Å². The van der Waals surface area contributed by atoms with Crippen LogP contribution in [0.3, 0.4) is 0 Å². The van der Waals surface area contributed by atoms with Crippen molar-refractivity contribution in [2.24, 2.45) is 0 Å². The second kappa shape index (κ2) is 10.4. The number of amides is 3. The molecular formula is C24H23BrN2O4S. The number of ether oxygens (including phenoxy) is 1. The van der Waals surface area contributed by atoms with E-state index >= 15 is 0 Å². The summed E-state index contributed by atoms with van der Waals surface area (Å²) in [5.41, 5.74) is 1.83. The molecule has 6 nitrogen and oxygen atoms in total. The van der Waals surface area contributed by atoms with Gasteiger partial charge in [-0.2, -0.15) is 0 Å². The predicted molar refractivity (Wildman–Crippen MR) is 128 cm³/mol. The van der Waals surface area contributed by atoms with Gasteiger partial charge in [0.15, 0.2) is 0 Å². The van der Waals surface area contributed by atoms with Gasteiger partial charge in [-0.3, -0.25) is 19.3 Å². The number of carbonyl (C=O) groups is 3. The first-order valence-electron chi connectivity index (χ1n) is 10.5. The SMILES string of the molecule is O=C(CN1C(=O)S/C(=C/c2ccc(OCc3ccccc3)c(Br)c2)C1=O)N1CCCCC1. The van der Waals surface area contributed by atoms with Crippen molar-refractivity contribution in [3.05, 3.63) is 69.0 Å². The summed E-state index contributed by atoms with van der Waals surface area (Å²) < 4.78 is 6.61. The summed E-state index contributed by atoms with van der Waals surface area (Å²) in [4.78, 5) is 40.7. The van der Waals surface area contributed by atoms with Crippen molar-refractivity contribution in [3.8, 4) is 5.75 Å². The Hall–Kier alpha value is -2.58. The average Bonchev–Trinajstić information content (AvgIpc) is 3.07. The van der Waals surface area contributed by atoms with Gasteiger partial charge < -0.3 is 9.64 Å². The first-order valence-corrected chi connectivity index (χ1v) is 12.1. The molecule has 166 valence electrons. The number of hydrogen-bond donors (Lipinski definition) is 0. The molecule has 0 spiro atoms. The molecule has 32 heavy (non-hydrogen) atoms. The molecule has 0 radical (unpaired) electrons. The number of hydrogen-bond acceptors (Lipinski definition) is 5. The van der Waals surface area contributed by atoms with Crippen LogP contribution in [-0.4, -0.2) is 46.5 Å². The highest BCUT2D eigenvalue weighted by Gasteiger charge is 2.37. The number of nitrogens with zero attached hydrogens (tertiary/aromatic N) is 2. The molecule has 0 unspecified atom stereocenters. The van der Waals surface area contributed by atoms with E-state index in [0.717, 1.165) is 51.5 Å². The maximum atomic E-state index is 12.8. The normalized spacial score (nSPS) is 17.8. The van der Waals surface area contributed by atoms with Crippen LogP contribution >= 0.6 is 27.7 Å². The maximum absolute atomic E-state index is 12.8. The Morgan fingerprint density at radius 3 is 2.53 bits per heavy atom. The summed E-state index contributed by atoms with van der Waals surface area (Å²) >= 11 is 4.38. The molecule has 2 aromatic carbocycles. The molecule has 0 aromatic heterocycles. The fourth-order valence-electron chi connectivity index (χ4n) is 3.63. The van der Waals surface area contributed by atoms with Gasteiger partial charge in [-0.15, -0.1) is 0 Å². The number of carbonyl (C=O) groups excluding carboxylic acids is 3. The Morgan fingerprint density at radius 2 is 1.81 bits per heavy atom. The third kappa shape index (κ3) is 5.42. The number of likely N-dealkylation sites (tertiary alicyclic amines) is 1. The third-order valence-electron chi connectivity index (χ3n) is 5.37. The van der Waals surface area contributed by atoms with Gasteiger partial charge in [0.05, 0.1) is 9.38 Å². The van der Waals surface area contributed by atoms with Crippen molar-refractivity contribution in [2.45, 2.75) is 25.9 Å². The van der Waals surface area contributed by atoms with E-state index in [1.54, 1.807) is 11.0 Å². The average molecular weight is 515 g/mol. The van der Waals surface area contributed by atoms with Gasteiger partial charge in [-0.25, -0.2) is 0 Å². The summed E-state index contributed by atoms with van der Waals surface area (Å²) in [5.74, 6) is 0.0908. The first kappa shape index (κ1) is 22.6. The van der Waals surface area contributed by atoms with E-state index < -0.39 is 11.1 Å². The zero-order valence-corrected chi connectivity index (χ0v) is 19.9. The largest absolute Gasteiger partial charge is 0.488 e. The molecule has 2 fully saturated rings. The summed E-state index contributed by atoms with van der Waals surface area (Å²) in [5, 5.41) is -0.409. The number of thioether (sulfide) groups is 1.